The molecular formula is C19H24FN3O10-2. The maximum absolute atomic E-state index is 14.6. The SMILES string of the molecule is CCCCCOC(=O)Nc1nc(=O)n(C2OC(C)C(O)(CC(=O)[O-])C2(O)CC(=O)[O-])cc1F. The topological polar surface area (TPSA) is 203 Å². The standard InChI is InChI=1S/C19H26FN3O10/c1-3-4-5-6-32-17(29)22-14-11(20)9-23(16(28)21-14)15-19(31,8-13(26)27)18(30,7-12(24)25)10(2)33-15/h9-10,15,30-31H,3-8H2,1-2H3,(H,24,25)(H,26,27)(H,21,22,28,29)/p-2. The number of nitrogens with zero attached hydrogens (tertiary/aromatic N) is 2. The summed E-state index contributed by atoms with van der Waals surface area (Å²) in [5, 5.41) is 46.1. The monoisotopic (exact) mass is 473 g/mol. The van der Waals surface area contributed by atoms with E-state index in [1.54, 1.807) is 0 Å². The number of aromatic nitrogens is 2. The minimum absolute atomic E-state index is 0.0550. The number of carbonyl (C=O) groups excluding carboxylic acids is 3. The van der Waals surface area contributed by atoms with Crippen LogP contribution in [0.2, 0.25) is 0 Å². The molecule has 1 aliphatic rings. The number of hydrogen-bond donors (Lipinski definition) is 3. The molecule has 0 bridgehead atoms. The van der Waals surface area contributed by atoms with Crippen molar-refractivity contribution in [2.75, 3.05) is 11.9 Å². The van der Waals surface area contributed by atoms with Crippen LogP contribution < -0.4 is 21.2 Å². The van der Waals surface area contributed by atoms with Crippen molar-refractivity contribution in [3.63, 3.8) is 0 Å². The van der Waals surface area contributed by atoms with E-state index < -0.39 is 71.7 Å². The van der Waals surface area contributed by atoms with Gasteiger partial charge in [0, 0.05) is 24.8 Å². The van der Waals surface area contributed by atoms with Gasteiger partial charge in [0.15, 0.2) is 17.9 Å². The van der Waals surface area contributed by atoms with Gasteiger partial charge in [-0.1, -0.05) is 19.8 Å². The average Bonchev–Trinajstić information content (AvgIpc) is 2.87. The number of amides is 1. The fourth-order valence-corrected chi connectivity index (χ4v) is 3.61. The largest absolute Gasteiger partial charge is 0.550 e. The van der Waals surface area contributed by atoms with E-state index in [2.05, 4.69) is 4.98 Å². The Bertz CT molecular complexity index is 970. The second-order valence-electron chi connectivity index (χ2n) is 7.67. The summed E-state index contributed by atoms with van der Waals surface area (Å²) in [5.41, 5.74) is -7.01. The Morgan fingerprint density at radius 1 is 1.24 bits per heavy atom. The summed E-state index contributed by atoms with van der Waals surface area (Å²) in [7, 11) is 0. The van der Waals surface area contributed by atoms with E-state index in [0.717, 1.165) is 19.8 Å². The van der Waals surface area contributed by atoms with Crippen LogP contribution in [0, 0.1) is 5.82 Å². The highest BCUT2D eigenvalue weighted by Gasteiger charge is 2.65. The maximum atomic E-state index is 14.6. The Hall–Kier alpha value is -3.10. The molecule has 0 spiro atoms. The van der Waals surface area contributed by atoms with Gasteiger partial charge in [-0.3, -0.25) is 9.88 Å². The van der Waals surface area contributed by atoms with Crippen LogP contribution in [0.25, 0.3) is 0 Å². The highest BCUT2D eigenvalue weighted by Crippen LogP contribution is 2.48. The predicted octanol–water partition coefficient (Wildman–Crippen LogP) is -2.22. The number of aliphatic carboxylic acids is 2. The Labute approximate surface area is 186 Å². The van der Waals surface area contributed by atoms with Crippen molar-refractivity contribution in [3.8, 4) is 0 Å². The summed E-state index contributed by atoms with van der Waals surface area (Å²) in [6.45, 7) is 3.11. The fraction of sp³-hybridized carbons (Fsp3) is 0.632. The molecule has 1 aromatic rings. The summed E-state index contributed by atoms with van der Waals surface area (Å²) in [6.07, 6.45) is -4.60. The molecule has 4 unspecified atom stereocenters. The van der Waals surface area contributed by atoms with Crippen molar-refractivity contribution < 1.29 is 48.7 Å². The first-order valence-electron chi connectivity index (χ1n) is 10.1. The molecule has 1 aliphatic heterocycles. The van der Waals surface area contributed by atoms with Gasteiger partial charge in [-0.25, -0.2) is 14.0 Å². The third-order valence-corrected chi connectivity index (χ3v) is 5.35. The minimum atomic E-state index is -2.95. The van der Waals surface area contributed by atoms with Gasteiger partial charge >= 0.3 is 11.8 Å². The van der Waals surface area contributed by atoms with Crippen molar-refractivity contribution >= 4 is 23.8 Å². The summed E-state index contributed by atoms with van der Waals surface area (Å²) in [6, 6.07) is 0. The van der Waals surface area contributed by atoms with Crippen molar-refractivity contribution in [3.05, 3.63) is 22.5 Å². The van der Waals surface area contributed by atoms with Crippen LogP contribution in [-0.2, 0) is 19.1 Å². The van der Waals surface area contributed by atoms with Gasteiger partial charge in [0.25, 0.3) is 0 Å². The molecule has 13 nitrogen and oxygen atoms in total. The zero-order valence-corrected chi connectivity index (χ0v) is 17.9. The number of halogens is 1. The van der Waals surface area contributed by atoms with Gasteiger partial charge in [0.1, 0.15) is 11.2 Å². The molecule has 3 N–H and O–H groups in total. The first kappa shape index (κ1) is 26.2. The second kappa shape index (κ2) is 10.2. The highest BCUT2D eigenvalue weighted by molar-refractivity contribution is 5.83. The van der Waals surface area contributed by atoms with Crippen LogP contribution in [0.15, 0.2) is 11.0 Å². The average molecular weight is 473 g/mol. The quantitative estimate of drug-likeness (QED) is 0.311. The summed E-state index contributed by atoms with van der Waals surface area (Å²) in [4.78, 5) is 49.9. The zero-order valence-electron chi connectivity index (χ0n) is 17.9. The molecule has 1 fully saturated rings. The lowest BCUT2D eigenvalue weighted by atomic mass is 9.76. The van der Waals surface area contributed by atoms with E-state index in [0.29, 0.717) is 17.2 Å². The Morgan fingerprint density at radius 3 is 2.42 bits per heavy atom. The molecule has 0 aliphatic carbocycles. The van der Waals surface area contributed by atoms with Crippen LogP contribution in [0.5, 0.6) is 0 Å². The molecule has 1 amide bonds. The molecule has 2 rings (SSSR count). The normalized spacial score (nSPS) is 26.7. The Morgan fingerprint density at radius 2 is 1.85 bits per heavy atom. The number of rotatable bonds is 10. The van der Waals surface area contributed by atoms with E-state index in [4.69, 9.17) is 9.47 Å². The number of unbranched alkanes of at least 4 members (excludes halogenated alkanes) is 2. The molecule has 33 heavy (non-hydrogen) atoms. The number of aliphatic hydroxyl groups is 2. The number of ether oxygens (including phenoxy) is 2. The van der Waals surface area contributed by atoms with Crippen molar-refractivity contribution in [1.29, 1.82) is 0 Å². The minimum Gasteiger partial charge on any atom is -0.550 e. The second-order valence-corrected chi connectivity index (χ2v) is 7.67. The van der Waals surface area contributed by atoms with E-state index in [9.17, 15) is 44.0 Å². The molecular weight excluding hydrogens is 449 g/mol. The van der Waals surface area contributed by atoms with Crippen LogP contribution in [0.1, 0.15) is 52.2 Å². The van der Waals surface area contributed by atoms with Crippen molar-refractivity contribution in [2.45, 2.75) is 69.5 Å². The molecule has 0 radical (unpaired) electrons. The summed E-state index contributed by atoms with van der Waals surface area (Å²) >= 11 is 0. The third-order valence-electron chi connectivity index (χ3n) is 5.35. The molecule has 1 saturated heterocycles. The third kappa shape index (κ3) is 5.46. The Balaban J connectivity index is 2.37. The first-order chi connectivity index (χ1) is 15.4. The van der Waals surface area contributed by atoms with Gasteiger partial charge in [-0.15, -0.1) is 0 Å². The van der Waals surface area contributed by atoms with Gasteiger partial charge in [0.05, 0.1) is 18.9 Å². The van der Waals surface area contributed by atoms with Gasteiger partial charge < -0.3 is 39.5 Å². The van der Waals surface area contributed by atoms with Crippen molar-refractivity contribution in [1.82, 2.24) is 9.55 Å². The lowest BCUT2D eigenvalue weighted by molar-refractivity contribution is -0.321. The number of hydrogen-bond acceptors (Lipinski definition) is 11. The lowest BCUT2D eigenvalue weighted by Crippen LogP contribution is -2.61. The molecule has 184 valence electrons. The molecule has 2 heterocycles. The van der Waals surface area contributed by atoms with Gasteiger partial charge in [0.2, 0.25) is 0 Å². The van der Waals surface area contributed by atoms with Crippen LogP contribution in [0.4, 0.5) is 15.0 Å². The van der Waals surface area contributed by atoms with Crippen LogP contribution >= 0.6 is 0 Å². The van der Waals surface area contributed by atoms with Gasteiger partial charge in [-0.05, 0) is 13.3 Å². The highest BCUT2D eigenvalue weighted by atomic mass is 19.1. The maximum Gasteiger partial charge on any atom is 0.412 e. The first-order valence-corrected chi connectivity index (χ1v) is 10.1. The zero-order chi connectivity index (χ0) is 25.0. The van der Waals surface area contributed by atoms with Crippen LogP contribution in [-0.4, -0.2) is 61.7 Å². The molecule has 14 heteroatoms. The van der Waals surface area contributed by atoms with E-state index in [1.165, 1.54) is 0 Å². The Kier molecular flexibility index (Phi) is 8.11. The van der Waals surface area contributed by atoms with E-state index in [-0.39, 0.29) is 6.61 Å². The molecule has 4 atom stereocenters. The van der Waals surface area contributed by atoms with Crippen molar-refractivity contribution in [2.24, 2.45) is 0 Å². The fourth-order valence-electron chi connectivity index (χ4n) is 3.61. The summed E-state index contributed by atoms with van der Waals surface area (Å²) < 4.78 is 25.0. The lowest BCUT2D eigenvalue weighted by Gasteiger charge is -2.41. The number of anilines is 1. The number of carboxylic acids is 2. The molecule has 0 saturated carbocycles. The van der Waals surface area contributed by atoms with Gasteiger partial charge in [-0.2, -0.15) is 4.98 Å². The van der Waals surface area contributed by atoms with E-state index >= 15 is 0 Å². The molecule has 0 aromatic carbocycles. The summed E-state index contributed by atoms with van der Waals surface area (Å²) in [5.74, 6) is -5.86. The number of carboxylic acid groups (broad SMARTS) is 2. The molecule has 1 aromatic heterocycles. The smallest absolute Gasteiger partial charge is 0.412 e. The van der Waals surface area contributed by atoms with E-state index in [1.807, 2.05) is 12.2 Å². The predicted molar refractivity (Wildman–Crippen MR) is 102 cm³/mol. The van der Waals surface area contributed by atoms with Crippen LogP contribution in [0.3, 0.4) is 0 Å². The number of nitrogens with one attached hydrogen (secondary N) is 1. The number of carbonyl (C=O) groups is 3.